The van der Waals surface area contributed by atoms with Gasteiger partial charge in [-0.25, -0.2) is 0 Å². The van der Waals surface area contributed by atoms with E-state index in [4.69, 9.17) is 4.74 Å². The summed E-state index contributed by atoms with van der Waals surface area (Å²) in [6.45, 7) is 2.82. The summed E-state index contributed by atoms with van der Waals surface area (Å²) in [4.78, 5) is 17.2. The van der Waals surface area contributed by atoms with E-state index in [1.165, 1.54) is 0 Å². The fourth-order valence-corrected chi connectivity index (χ4v) is 2.77. The Balaban J connectivity index is 1.75. The fourth-order valence-electron chi connectivity index (χ4n) is 2.77. The molecule has 4 nitrogen and oxygen atoms in total. The first-order valence-corrected chi connectivity index (χ1v) is 9.27. The van der Waals surface area contributed by atoms with Crippen LogP contribution in [0, 0.1) is 0 Å². The van der Waals surface area contributed by atoms with Crippen LogP contribution in [0.15, 0.2) is 79.0 Å². The lowest BCUT2D eigenvalue weighted by Crippen LogP contribution is -2.29. The highest BCUT2D eigenvalue weighted by Gasteiger charge is 2.18. The Hall–Kier alpha value is -3.14. The number of amides is 1. The molecule has 1 aromatic heterocycles. The second-order valence-corrected chi connectivity index (χ2v) is 6.30. The van der Waals surface area contributed by atoms with Gasteiger partial charge in [0.05, 0.1) is 18.3 Å². The number of hydrogen-bond acceptors (Lipinski definition) is 3. The molecule has 0 saturated carbocycles. The van der Waals surface area contributed by atoms with Gasteiger partial charge in [0.2, 0.25) is 0 Å². The minimum Gasteiger partial charge on any atom is -0.494 e. The minimum atomic E-state index is -0.305. The maximum absolute atomic E-state index is 12.8. The summed E-state index contributed by atoms with van der Waals surface area (Å²) in [5, 5.41) is 3.10. The molecule has 1 heterocycles. The topological polar surface area (TPSA) is 51.2 Å². The van der Waals surface area contributed by atoms with Gasteiger partial charge in [0.25, 0.3) is 5.91 Å². The number of ether oxygens (including phenoxy) is 1. The molecule has 4 heteroatoms. The molecule has 1 unspecified atom stereocenters. The Morgan fingerprint density at radius 1 is 1.00 bits per heavy atom. The van der Waals surface area contributed by atoms with Crippen molar-refractivity contribution in [1.29, 1.82) is 0 Å². The smallest absolute Gasteiger partial charge is 0.252 e. The first-order chi connectivity index (χ1) is 13.3. The minimum absolute atomic E-state index is 0.144. The van der Waals surface area contributed by atoms with E-state index in [9.17, 15) is 4.79 Å². The number of carbonyl (C=O) groups is 1. The van der Waals surface area contributed by atoms with Gasteiger partial charge >= 0.3 is 0 Å². The summed E-state index contributed by atoms with van der Waals surface area (Å²) >= 11 is 0. The van der Waals surface area contributed by atoms with Crippen LogP contribution in [0.25, 0.3) is 0 Å². The molecule has 27 heavy (non-hydrogen) atoms. The van der Waals surface area contributed by atoms with Crippen molar-refractivity contribution in [3.63, 3.8) is 0 Å². The third-order valence-electron chi connectivity index (χ3n) is 4.27. The summed E-state index contributed by atoms with van der Waals surface area (Å²) in [5.74, 6) is 0.638. The summed E-state index contributed by atoms with van der Waals surface area (Å²) in [5.41, 5.74) is 2.38. The van der Waals surface area contributed by atoms with Crippen molar-refractivity contribution in [1.82, 2.24) is 10.3 Å². The van der Waals surface area contributed by atoms with Gasteiger partial charge < -0.3 is 10.1 Å². The maximum Gasteiger partial charge on any atom is 0.252 e. The number of carbonyl (C=O) groups excluding carboxylic acids is 1. The van der Waals surface area contributed by atoms with Crippen LogP contribution in [0.4, 0.5) is 0 Å². The third kappa shape index (κ3) is 5.17. The Morgan fingerprint density at radius 2 is 1.74 bits per heavy atom. The van der Waals surface area contributed by atoms with Crippen LogP contribution in [0.3, 0.4) is 0 Å². The predicted octanol–water partition coefficient (Wildman–Crippen LogP) is 4.78. The van der Waals surface area contributed by atoms with E-state index >= 15 is 0 Å². The lowest BCUT2D eigenvalue weighted by molar-refractivity contribution is 0.0942. The van der Waals surface area contributed by atoms with E-state index in [-0.39, 0.29) is 11.9 Å². The van der Waals surface area contributed by atoms with Crippen molar-refractivity contribution in [2.24, 2.45) is 0 Å². The Kier molecular flexibility index (Phi) is 6.58. The molecule has 2 aromatic carbocycles. The standard InChI is InChI=1S/C23H24N2O2/c1-2-3-17-27-20-14-12-19(13-15-20)23(26)25-22(18-9-5-4-6-10-18)21-11-7-8-16-24-21/h4-16,22H,2-3,17H2,1H3,(H,25,26). The molecule has 0 aliphatic carbocycles. The molecule has 138 valence electrons. The molecular weight excluding hydrogens is 336 g/mol. The molecule has 3 rings (SSSR count). The van der Waals surface area contributed by atoms with Crippen LogP contribution in [0.1, 0.15) is 47.4 Å². The van der Waals surface area contributed by atoms with Crippen LogP contribution in [-0.2, 0) is 0 Å². The molecule has 0 saturated heterocycles. The largest absolute Gasteiger partial charge is 0.494 e. The normalized spacial score (nSPS) is 11.6. The Labute approximate surface area is 160 Å². The van der Waals surface area contributed by atoms with Crippen LogP contribution in [-0.4, -0.2) is 17.5 Å². The Morgan fingerprint density at radius 3 is 2.41 bits per heavy atom. The van der Waals surface area contributed by atoms with Crippen molar-refractivity contribution < 1.29 is 9.53 Å². The third-order valence-corrected chi connectivity index (χ3v) is 4.27. The molecule has 0 bridgehead atoms. The van der Waals surface area contributed by atoms with Gasteiger partial charge in [-0.1, -0.05) is 49.7 Å². The molecule has 0 fully saturated rings. The average molecular weight is 360 g/mol. The highest BCUT2D eigenvalue weighted by Crippen LogP contribution is 2.21. The quantitative estimate of drug-likeness (QED) is 0.588. The number of aromatic nitrogens is 1. The number of rotatable bonds is 8. The van der Waals surface area contributed by atoms with Crippen LogP contribution in [0.5, 0.6) is 5.75 Å². The molecular formula is C23H24N2O2. The van der Waals surface area contributed by atoms with Crippen molar-refractivity contribution in [3.8, 4) is 5.75 Å². The van der Waals surface area contributed by atoms with Crippen molar-refractivity contribution >= 4 is 5.91 Å². The van der Waals surface area contributed by atoms with Crippen molar-refractivity contribution in [2.75, 3.05) is 6.61 Å². The lowest BCUT2D eigenvalue weighted by Gasteiger charge is -2.19. The lowest BCUT2D eigenvalue weighted by atomic mass is 10.0. The van der Waals surface area contributed by atoms with E-state index in [2.05, 4.69) is 17.2 Å². The van der Waals surface area contributed by atoms with Gasteiger partial charge in [0.1, 0.15) is 5.75 Å². The number of nitrogens with zero attached hydrogens (tertiary/aromatic N) is 1. The zero-order valence-electron chi connectivity index (χ0n) is 15.5. The molecule has 0 aliphatic rings. The monoisotopic (exact) mass is 360 g/mol. The second kappa shape index (κ2) is 9.53. The fraction of sp³-hybridized carbons (Fsp3) is 0.217. The zero-order valence-corrected chi connectivity index (χ0v) is 15.5. The van der Waals surface area contributed by atoms with E-state index in [0.29, 0.717) is 12.2 Å². The molecule has 3 aromatic rings. The number of pyridine rings is 1. The summed E-state index contributed by atoms with van der Waals surface area (Å²) in [7, 11) is 0. The highest BCUT2D eigenvalue weighted by atomic mass is 16.5. The molecule has 1 amide bonds. The first-order valence-electron chi connectivity index (χ1n) is 9.27. The number of hydrogen-bond donors (Lipinski definition) is 1. The van der Waals surface area contributed by atoms with Gasteiger partial charge in [-0.3, -0.25) is 9.78 Å². The van der Waals surface area contributed by atoms with Crippen molar-refractivity contribution in [3.05, 3.63) is 95.8 Å². The van der Waals surface area contributed by atoms with Crippen LogP contribution in [0.2, 0.25) is 0 Å². The summed E-state index contributed by atoms with van der Waals surface area (Å²) < 4.78 is 5.66. The number of nitrogens with one attached hydrogen (secondary N) is 1. The molecule has 0 aliphatic heterocycles. The van der Waals surface area contributed by atoms with Crippen LogP contribution < -0.4 is 10.1 Å². The average Bonchev–Trinajstić information content (AvgIpc) is 2.74. The van der Waals surface area contributed by atoms with Gasteiger partial charge in [-0.05, 0) is 48.4 Å². The van der Waals surface area contributed by atoms with E-state index in [0.717, 1.165) is 29.8 Å². The zero-order chi connectivity index (χ0) is 18.9. The molecule has 1 N–H and O–H groups in total. The first kappa shape index (κ1) is 18.6. The molecule has 0 spiro atoms. The van der Waals surface area contributed by atoms with Crippen LogP contribution >= 0.6 is 0 Å². The van der Waals surface area contributed by atoms with Gasteiger partial charge in [-0.15, -0.1) is 0 Å². The predicted molar refractivity (Wildman–Crippen MR) is 107 cm³/mol. The SMILES string of the molecule is CCCCOc1ccc(C(=O)NC(c2ccccc2)c2ccccn2)cc1. The molecule has 1 atom stereocenters. The van der Waals surface area contributed by atoms with Gasteiger partial charge in [0, 0.05) is 11.8 Å². The molecule has 0 radical (unpaired) electrons. The highest BCUT2D eigenvalue weighted by molar-refractivity contribution is 5.94. The maximum atomic E-state index is 12.8. The van der Waals surface area contributed by atoms with E-state index in [1.54, 1.807) is 18.3 Å². The van der Waals surface area contributed by atoms with E-state index in [1.807, 2.05) is 60.7 Å². The summed E-state index contributed by atoms with van der Waals surface area (Å²) in [6.07, 6.45) is 3.85. The number of benzene rings is 2. The van der Waals surface area contributed by atoms with Gasteiger partial charge in [-0.2, -0.15) is 0 Å². The Bertz CT molecular complexity index is 794. The van der Waals surface area contributed by atoms with E-state index < -0.39 is 0 Å². The number of unbranched alkanes of at least 4 members (excludes halogenated alkanes) is 1. The van der Waals surface area contributed by atoms with Gasteiger partial charge in [0.15, 0.2) is 0 Å². The summed E-state index contributed by atoms with van der Waals surface area (Å²) in [6, 6.07) is 22.5. The van der Waals surface area contributed by atoms with Crippen molar-refractivity contribution in [2.45, 2.75) is 25.8 Å². The second-order valence-electron chi connectivity index (χ2n) is 6.30.